The molecule has 0 aliphatic carbocycles. The van der Waals surface area contributed by atoms with Crippen LogP contribution in [0, 0.1) is 0 Å². The van der Waals surface area contributed by atoms with Gasteiger partial charge in [-0.25, -0.2) is 14.8 Å². The maximum Gasteiger partial charge on any atom is 0.324 e. The number of nitrogens with zero attached hydrogens (tertiary/aromatic N) is 3. The zero-order chi connectivity index (χ0) is 25.0. The van der Waals surface area contributed by atoms with Gasteiger partial charge in [-0.15, -0.1) is 0 Å². The summed E-state index contributed by atoms with van der Waals surface area (Å²) in [6.07, 6.45) is 1.49. The summed E-state index contributed by atoms with van der Waals surface area (Å²) in [7, 11) is 3.17. The minimum Gasteiger partial charge on any atom is -0.493 e. The average Bonchev–Trinajstić information content (AvgIpc) is 3.31. The molecular weight excluding hydrogens is 448 g/mol. The Bertz CT molecular complexity index is 1350. The second-order valence-corrected chi connectivity index (χ2v) is 8.91. The van der Waals surface area contributed by atoms with Crippen LogP contribution >= 0.6 is 0 Å². The van der Waals surface area contributed by atoms with E-state index >= 15 is 0 Å². The number of methoxy groups -OCH3 is 2. The Morgan fingerprint density at radius 3 is 2.49 bits per heavy atom. The Hall–Kier alpha value is -4.34. The summed E-state index contributed by atoms with van der Waals surface area (Å²) >= 11 is 0. The number of anilines is 3. The number of aromatic nitrogens is 3. The monoisotopic (exact) mass is 476 g/mol. The summed E-state index contributed by atoms with van der Waals surface area (Å²) in [5.41, 5.74) is 2.12. The lowest BCUT2D eigenvalue weighted by Crippen LogP contribution is -2.19. The van der Waals surface area contributed by atoms with E-state index in [2.05, 4.69) is 31.1 Å². The van der Waals surface area contributed by atoms with Gasteiger partial charge < -0.3 is 24.6 Å². The molecule has 10 heteroatoms. The number of hydrogen-bond donors (Lipinski definition) is 3. The molecule has 0 saturated heterocycles. The highest BCUT2D eigenvalue weighted by molar-refractivity contribution is 5.99. The molecule has 2 amide bonds. The van der Waals surface area contributed by atoms with Crippen molar-refractivity contribution in [2.75, 3.05) is 30.2 Å². The van der Waals surface area contributed by atoms with Crippen LogP contribution in [0.2, 0.25) is 0 Å². The van der Waals surface area contributed by atoms with Crippen LogP contribution in [0.15, 0.2) is 53.3 Å². The SMILES string of the molecule is COc1cc2ncnc(NCc3cccc(NC(=O)Nc4cc(C(C)(C)C)on4)c3)c2cc1OC. The second kappa shape index (κ2) is 9.88. The molecule has 2 aromatic heterocycles. The van der Waals surface area contributed by atoms with E-state index in [1.54, 1.807) is 20.3 Å². The van der Waals surface area contributed by atoms with Crippen molar-refractivity contribution in [1.29, 1.82) is 0 Å². The highest BCUT2D eigenvalue weighted by atomic mass is 16.5. The van der Waals surface area contributed by atoms with E-state index in [9.17, 15) is 4.79 Å². The Kier molecular flexibility index (Phi) is 6.72. The Morgan fingerprint density at radius 1 is 1.00 bits per heavy atom. The fraction of sp³-hybridized carbons (Fsp3) is 0.280. The lowest BCUT2D eigenvalue weighted by Gasteiger charge is -2.13. The number of urea groups is 1. The van der Waals surface area contributed by atoms with Crippen LogP contribution < -0.4 is 25.4 Å². The number of nitrogens with one attached hydrogen (secondary N) is 3. The van der Waals surface area contributed by atoms with Crippen molar-refractivity contribution in [3.05, 3.63) is 60.1 Å². The van der Waals surface area contributed by atoms with Gasteiger partial charge in [0.25, 0.3) is 0 Å². The first kappa shape index (κ1) is 23.8. The zero-order valence-corrected chi connectivity index (χ0v) is 20.3. The number of carbonyl (C=O) groups is 1. The van der Waals surface area contributed by atoms with Gasteiger partial charge in [0, 0.05) is 35.2 Å². The summed E-state index contributed by atoms with van der Waals surface area (Å²) in [6.45, 7) is 6.51. The minimum absolute atomic E-state index is 0.197. The fourth-order valence-electron chi connectivity index (χ4n) is 3.44. The molecular formula is C25H28N6O4. The summed E-state index contributed by atoms with van der Waals surface area (Å²) < 4.78 is 16.1. The molecule has 0 spiro atoms. The molecule has 3 N–H and O–H groups in total. The van der Waals surface area contributed by atoms with Crippen molar-refractivity contribution < 1.29 is 18.8 Å². The van der Waals surface area contributed by atoms with E-state index < -0.39 is 6.03 Å². The lowest BCUT2D eigenvalue weighted by atomic mass is 9.93. The molecule has 0 aliphatic heterocycles. The van der Waals surface area contributed by atoms with Gasteiger partial charge in [0.05, 0.1) is 19.7 Å². The molecule has 2 aromatic carbocycles. The summed E-state index contributed by atoms with van der Waals surface area (Å²) in [5.74, 6) is 2.90. The van der Waals surface area contributed by atoms with Gasteiger partial charge in [-0.1, -0.05) is 38.1 Å². The van der Waals surface area contributed by atoms with Gasteiger partial charge in [0.2, 0.25) is 0 Å². The highest BCUT2D eigenvalue weighted by Crippen LogP contribution is 2.33. The molecule has 0 bridgehead atoms. The maximum absolute atomic E-state index is 12.4. The van der Waals surface area contributed by atoms with E-state index in [0.29, 0.717) is 41.1 Å². The summed E-state index contributed by atoms with van der Waals surface area (Å²) in [6, 6.07) is 12.5. The third-order valence-electron chi connectivity index (χ3n) is 5.28. The number of carbonyl (C=O) groups excluding carboxylic acids is 1. The minimum atomic E-state index is -0.410. The molecule has 0 aliphatic rings. The molecule has 10 nitrogen and oxygen atoms in total. The van der Waals surface area contributed by atoms with Gasteiger partial charge in [0.15, 0.2) is 17.3 Å². The zero-order valence-electron chi connectivity index (χ0n) is 20.3. The molecule has 35 heavy (non-hydrogen) atoms. The Balaban J connectivity index is 1.43. The number of fused-ring (bicyclic) bond motifs is 1. The molecule has 0 fully saturated rings. The summed E-state index contributed by atoms with van der Waals surface area (Å²) in [4.78, 5) is 21.1. The first-order valence-corrected chi connectivity index (χ1v) is 11.0. The molecule has 0 saturated carbocycles. The van der Waals surface area contributed by atoms with Crippen molar-refractivity contribution in [3.8, 4) is 11.5 Å². The predicted octanol–water partition coefficient (Wildman–Crippen LogP) is 5.19. The van der Waals surface area contributed by atoms with Crippen molar-refractivity contribution >= 4 is 34.3 Å². The van der Waals surface area contributed by atoms with Gasteiger partial charge in [-0.2, -0.15) is 0 Å². The van der Waals surface area contributed by atoms with Crippen LogP contribution in [-0.2, 0) is 12.0 Å². The number of benzene rings is 2. The number of ether oxygens (including phenoxy) is 2. The van der Waals surface area contributed by atoms with Crippen LogP contribution in [0.3, 0.4) is 0 Å². The predicted molar refractivity (Wildman–Crippen MR) is 134 cm³/mol. The lowest BCUT2D eigenvalue weighted by molar-refractivity contribution is 0.262. The summed E-state index contributed by atoms with van der Waals surface area (Å²) in [5, 5.41) is 13.6. The second-order valence-electron chi connectivity index (χ2n) is 8.91. The van der Waals surface area contributed by atoms with Crippen LogP contribution in [0.1, 0.15) is 32.1 Å². The van der Waals surface area contributed by atoms with Gasteiger partial charge in [-0.05, 0) is 23.8 Å². The van der Waals surface area contributed by atoms with Crippen molar-refractivity contribution in [2.45, 2.75) is 32.7 Å². The van der Waals surface area contributed by atoms with Gasteiger partial charge >= 0.3 is 6.03 Å². The number of rotatable bonds is 7. The molecule has 0 atom stereocenters. The largest absolute Gasteiger partial charge is 0.493 e. The third kappa shape index (κ3) is 5.60. The van der Waals surface area contributed by atoms with E-state index in [0.717, 1.165) is 16.5 Å². The fourth-order valence-corrected chi connectivity index (χ4v) is 3.44. The standard InChI is InChI=1S/C25H28N6O4/c1-25(2,3)21-12-22(31-35-21)30-24(32)29-16-8-6-7-15(9-16)13-26-23-17-10-19(33-4)20(34-5)11-18(17)27-14-28-23/h6-12,14H,13H2,1-5H3,(H,26,27,28)(H2,29,30,31,32). The van der Waals surface area contributed by atoms with E-state index in [4.69, 9.17) is 14.0 Å². The van der Waals surface area contributed by atoms with Gasteiger partial charge in [0.1, 0.15) is 17.9 Å². The number of hydrogen-bond acceptors (Lipinski definition) is 8. The van der Waals surface area contributed by atoms with Crippen molar-refractivity contribution in [3.63, 3.8) is 0 Å². The molecule has 0 radical (unpaired) electrons. The van der Waals surface area contributed by atoms with Crippen LogP contribution in [-0.4, -0.2) is 35.4 Å². The molecule has 4 aromatic rings. The maximum atomic E-state index is 12.4. The van der Waals surface area contributed by atoms with Gasteiger partial charge in [-0.3, -0.25) is 5.32 Å². The van der Waals surface area contributed by atoms with Crippen molar-refractivity contribution in [2.24, 2.45) is 0 Å². The van der Waals surface area contributed by atoms with Crippen LogP contribution in [0.4, 0.5) is 22.1 Å². The molecule has 2 heterocycles. The third-order valence-corrected chi connectivity index (χ3v) is 5.28. The number of amides is 2. The van der Waals surface area contributed by atoms with Crippen LogP contribution in [0.5, 0.6) is 11.5 Å². The first-order valence-electron chi connectivity index (χ1n) is 11.0. The smallest absolute Gasteiger partial charge is 0.324 e. The molecule has 0 unspecified atom stereocenters. The van der Waals surface area contributed by atoms with Crippen molar-refractivity contribution in [1.82, 2.24) is 15.1 Å². The Morgan fingerprint density at radius 2 is 1.77 bits per heavy atom. The van der Waals surface area contributed by atoms with E-state index in [-0.39, 0.29) is 5.41 Å². The molecule has 4 rings (SSSR count). The average molecular weight is 477 g/mol. The first-order chi connectivity index (χ1) is 16.8. The highest BCUT2D eigenvalue weighted by Gasteiger charge is 2.20. The van der Waals surface area contributed by atoms with Crippen LogP contribution in [0.25, 0.3) is 10.9 Å². The topological polar surface area (TPSA) is 123 Å². The van der Waals surface area contributed by atoms with E-state index in [1.165, 1.54) is 6.33 Å². The quantitative estimate of drug-likeness (QED) is 0.333. The Labute approximate surface area is 203 Å². The molecule has 182 valence electrons. The normalized spacial score (nSPS) is 11.2. The van der Waals surface area contributed by atoms with E-state index in [1.807, 2.05) is 57.2 Å².